The minimum Gasteiger partial charge on any atom is -0.394 e. The molecule has 0 radical (unpaired) electrons. The highest BCUT2D eigenvalue weighted by molar-refractivity contribution is 5.75. The third-order valence-electron chi connectivity index (χ3n) is 22.9. The first-order valence-corrected chi connectivity index (χ1v) is 40.1. The normalized spacial score (nSPS) is 48.4. The highest BCUT2D eigenvalue weighted by Gasteiger charge is 2.62. The summed E-state index contributed by atoms with van der Waals surface area (Å²) in [4.78, 5) is 64.1. The molecule has 10 aliphatic rings. The van der Waals surface area contributed by atoms with Gasteiger partial charge in [-0.25, -0.2) is 0 Å². The second-order valence-electron chi connectivity index (χ2n) is 31.7. The van der Waals surface area contributed by atoms with E-state index in [0.717, 1.165) is 34.6 Å². The van der Waals surface area contributed by atoms with Crippen molar-refractivity contribution in [1.29, 1.82) is 0 Å². The molecule has 10 rings (SSSR count). The van der Waals surface area contributed by atoms with Crippen LogP contribution in [0.5, 0.6) is 0 Å². The summed E-state index contributed by atoms with van der Waals surface area (Å²) < 4.78 is 112. The Bertz CT molecular complexity index is 3440. The second-order valence-corrected chi connectivity index (χ2v) is 31.7. The van der Waals surface area contributed by atoms with Crippen LogP contribution in [-0.4, -0.2) is 540 Å². The zero-order valence-corrected chi connectivity index (χ0v) is 67.8. The molecule has 0 aromatic rings. The molecule has 0 aromatic carbocycles. The maximum atomic E-state index is 13.2. The van der Waals surface area contributed by atoms with Crippen LogP contribution in [-0.2, 0) is 114 Å². The minimum atomic E-state index is -2.47. The van der Waals surface area contributed by atoms with E-state index in [0.29, 0.717) is 0 Å². The number of rotatable bonds is 33. The fourth-order valence-corrected chi connectivity index (χ4v) is 16.3. The van der Waals surface area contributed by atoms with Gasteiger partial charge >= 0.3 is 0 Å². The molecule has 10 saturated heterocycles. The van der Waals surface area contributed by atoms with Gasteiger partial charge in [-0.05, 0) is 0 Å². The maximum Gasteiger partial charge on any atom is 0.217 e. The molecule has 0 saturated carbocycles. The Morgan fingerprint density at radius 2 is 0.429 bits per heavy atom. The largest absolute Gasteiger partial charge is 0.394 e. The van der Waals surface area contributed by atoms with Crippen LogP contribution in [0.3, 0.4) is 0 Å². The van der Waals surface area contributed by atoms with E-state index < -0.39 is 402 Å². The van der Waals surface area contributed by atoms with E-state index in [4.69, 9.17) is 90.0 Å². The number of amides is 5. The Morgan fingerprint density at radius 3 is 0.762 bits per heavy atom. The van der Waals surface area contributed by atoms with Gasteiger partial charge in [0.15, 0.2) is 62.9 Å². The lowest BCUT2D eigenvalue weighted by atomic mass is 9.93. The molecule has 5 amide bonds. The van der Waals surface area contributed by atoms with E-state index in [2.05, 4.69) is 26.6 Å². The van der Waals surface area contributed by atoms with E-state index in [1.807, 2.05) is 0 Å². The molecule has 126 heavy (non-hydrogen) atoms. The van der Waals surface area contributed by atoms with E-state index in [1.54, 1.807) is 0 Å². The zero-order valence-electron chi connectivity index (χ0n) is 67.8. The number of hydrogen-bond donors (Lipinski definition) is 32. The fraction of sp³-hybridized carbons (Fsp3) is 0.929. The Morgan fingerprint density at radius 1 is 0.206 bits per heavy atom. The zero-order chi connectivity index (χ0) is 92.8. The first-order chi connectivity index (χ1) is 59.6. The maximum absolute atomic E-state index is 13.2. The lowest BCUT2D eigenvalue weighted by Crippen LogP contribution is -2.71. The van der Waals surface area contributed by atoms with Gasteiger partial charge in [0.2, 0.25) is 29.5 Å². The standard InChI is InChI=1S/C70H117N5O51/c1-16(84)71-31-43(96)36(89)21(6-76)111-62(31)108-15-30-42(95)60(126-65-33(73-18(3)86)45(98)55(27(12-82)117-65)121-68-50(103)48(101)38(91)23(8-78)114-68)53(106)70(119-30)122-56-28(13-83)118-64(34(46(56)99)74-19(4)87)125-59-40(93)25(10-80)115-69(52(59)105)123-57-35(75-20(5)88)61(107)110-29(41(57)94)14-109-66-51(104)58(39(92)24(9-79)112-66)124-63-32(72-17(2)85)44(97)54(26(11-81)116-63)120-67-49(102)47(100)37(90)22(7-77)113-67/h21-70,76-83,89-107H,6-15H2,1-5H3,(H,71,84)(H,72,85)(H,73,86)(H,74,87)(H,75,88)/t21-,22-,23-,24-,25-,26-,27-,28-,29-,30-,31-,32-,33-,34-,35-,36-,37+,38+,39+,40+,41+,42+,43-,44-,45-,46-,47+,48+,49-,50-,51-,52-,53-,54-,55-,56-,57-,58+,59+,60+,61+,62-,63+,64+,65+,66-,67+,68+,69+,70+/m1/s1. The first kappa shape index (κ1) is 104. The van der Waals surface area contributed by atoms with Gasteiger partial charge in [-0.3, -0.25) is 24.0 Å². The number of carbonyl (C=O) groups is 5. The van der Waals surface area contributed by atoms with E-state index in [1.165, 1.54) is 0 Å². The molecule has 0 bridgehead atoms. The van der Waals surface area contributed by atoms with Gasteiger partial charge in [0.1, 0.15) is 244 Å². The van der Waals surface area contributed by atoms with Gasteiger partial charge in [0, 0.05) is 34.6 Å². The molecule has 0 aliphatic carbocycles. The third kappa shape index (κ3) is 23.1. The van der Waals surface area contributed by atoms with Crippen LogP contribution >= 0.6 is 0 Å². The molecule has 0 unspecified atom stereocenters. The van der Waals surface area contributed by atoms with Crippen LogP contribution in [0.15, 0.2) is 0 Å². The number of hydrogen-bond acceptors (Lipinski definition) is 51. The number of carbonyl (C=O) groups excluding carboxylic acids is 5. The summed E-state index contributed by atoms with van der Waals surface area (Å²) in [5.74, 6) is -4.59. The van der Waals surface area contributed by atoms with E-state index >= 15 is 0 Å². The number of aliphatic hydroxyl groups excluding tert-OH is 27. The van der Waals surface area contributed by atoms with Crippen LogP contribution < -0.4 is 26.6 Å². The van der Waals surface area contributed by atoms with Gasteiger partial charge in [-0.1, -0.05) is 0 Å². The summed E-state index contributed by atoms with van der Waals surface area (Å²) in [6.45, 7) is -5.80. The topological polar surface area (TPSA) is 867 Å². The molecule has 50 atom stereocenters. The van der Waals surface area contributed by atoms with Gasteiger partial charge in [-0.15, -0.1) is 0 Å². The van der Waals surface area contributed by atoms with E-state index in [9.17, 15) is 162 Å². The van der Waals surface area contributed by atoms with Crippen LogP contribution in [0, 0.1) is 0 Å². The average molecular weight is 1840 g/mol. The first-order valence-electron chi connectivity index (χ1n) is 40.1. The quantitative estimate of drug-likeness (QED) is 0.0290. The molecule has 728 valence electrons. The predicted molar refractivity (Wildman–Crippen MR) is 388 cm³/mol. The smallest absolute Gasteiger partial charge is 0.217 e. The van der Waals surface area contributed by atoms with Gasteiger partial charge in [0.05, 0.1) is 66.1 Å². The number of aliphatic hydroxyl groups is 27. The van der Waals surface area contributed by atoms with Crippen molar-refractivity contribution in [3.05, 3.63) is 0 Å². The summed E-state index contributed by atoms with van der Waals surface area (Å²) in [7, 11) is 0. The summed E-state index contributed by atoms with van der Waals surface area (Å²) in [5.41, 5.74) is 0. The monoisotopic (exact) mass is 1840 g/mol. The second kappa shape index (κ2) is 45.5. The molecular weight excluding hydrogens is 1730 g/mol. The highest BCUT2D eigenvalue weighted by atomic mass is 16.8. The van der Waals surface area contributed by atoms with Crippen molar-refractivity contribution >= 4 is 29.5 Å². The molecule has 0 aromatic heterocycles. The number of nitrogens with one attached hydrogen (secondary N) is 5. The lowest BCUT2D eigenvalue weighted by molar-refractivity contribution is -0.387. The van der Waals surface area contributed by atoms with Gasteiger partial charge in [-0.2, -0.15) is 0 Å². The Kier molecular flexibility index (Phi) is 37.4. The summed E-state index contributed by atoms with van der Waals surface area (Å²) in [5, 5.41) is 312. The molecule has 56 nitrogen and oxygen atoms in total. The van der Waals surface area contributed by atoms with Crippen molar-refractivity contribution in [2.75, 3.05) is 66.1 Å². The molecule has 10 aliphatic heterocycles. The average Bonchev–Trinajstić information content (AvgIpc) is 0.707. The van der Waals surface area contributed by atoms with E-state index in [-0.39, 0.29) is 0 Å². The fourth-order valence-electron chi connectivity index (χ4n) is 16.3. The van der Waals surface area contributed by atoms with Crippen molar-refractivity contribution in [3.8, 4) is 0 Å². The minimum absolute atomic E-state index is 0.818. The van der Waals surface area contributed by atoms with Crippen LogP contribution in [0.2, 0.25) is 0 Å². The van der Waals surface area contributed by atoms with Crippen LogP contribution in [0.4, 0.5) is 0 Å². The molecule has 56 heteroatoms. The highest BCUT2D eigenvalue weighted by Crippen LogP contribution is 2.40. The van der Waals surface area contributed by atoms with Crippen molar-refractivity contribution < 1.29 is 252 Å². The van der Waals surface area contributed by atoms with Crippen molar-refractivity contribution in [3.63, 3.8) is 0 Å². The molecule has 10 fully saturated rings. The number of ether oxygens (including phenoxy) is 19. The molecular formula is C70H117N5O51. The Balaban J connectivity index is 0.872. The van der Waals surface area contributed by atoms with Gasteiger partial charge < -0.3 is 254 Å². The molecule has 0 spiro atoms. The molecule has 10 heterocycles. The Hall–Kier alpha value is -4.49. The summed E-state index contributed by atoms with van der Waals surface area (Å²) in [6.07, 6.45) is -92.0. The third-order valence-corrected chi connectivity index (χ3v) is 22.9. The summed E-state index contributed by atoms with van der Waals surface area (Å²) >= 11 is 0. The Labute approximate surface area is 713 Å². The SMILES string of the molecule is CC(=O)N[C@@H]1[C@@H](O[C@@H]2O[C@H](CO)[C@H](O)[C@H](O[C@@H]3O[C@H](CO)[C@@H](O[C@@H]4O[C@H](CO[C@@H]5O[C@H](CO)[C@@H](O)[C@H](O)[C@H]5NC(C)=O)[C@H](O)[C@H](O[C@@H]5O[C@H](CO)[C@@H](O[C@@H]6O[C@H](CO)[C@H](O)[C@H](O)[C@H]6O)[C@H](O)[C@H]5NC(C)=O)[C@H]4O)[C@H](O)[C@H]3NC(C)=O)[C@H]2O)[C@@H](O)[C@@H](CO[C@@H]2O[C@H](CO)[C@H](O)[C@H](O[C@@H]3O[C@H](CO)[C@@H](O[C@@H]4O[C@H](CO)[C@H](O)[C@H](O)[C@H]4O)[C@H](O)[C@H]3NC(C)=O)[C@H]2O)O[C@@H]1O. The van der Waals surface area contributed by atoms with Crippen LogP contribution in [0.1, 0.15) is 34.6 Å². The predicted octanol–water partition coefficient (Wildman–Crippen LogP) is -22.1. The van der Waals surface area contributed by atoms with Crippen LogP contribution in [0.25, 0.3) is 0 Å². The van der Waals surface area contributed by atoms with Crippen molar-refractivity contribution in [2.45, 2.75) is 341 Å². The lowest BCUT2D eigenvalue weighted by Gasteiger charge is -2.51. The van der Waals surface area contributed by atoms with Gasteiger partial charge in [0.25, 0.3) is 0 Å². The summed E-state index contributed by atoms with van der Waals surface area (Å²) in [6, 6.07) is -9.34. The molecule has 32 N–H and O–H groups in total. The van der Waals surface area contributed by atoms with Crippen molar-refractivity contribution in [1.82, 2.24) is 26.6 Å². The van der Waals surface area contributed by atoms with Crippen molar-refractivity contribution in [2.24, 2.45) is 0 Å².